The van der Waals surface area contributed by atoms with Gasteiger partial charge in [-0.05, 0) is 56.9 Å². The first-order chi connectivity index (χ1) is 17.0. The van der Waals surface area contributed by atoms with Crippen LogP contribution in [0.3, 0.4) is 0 Å². The van der Waals surface area contributed by atoms with Gasteiger partial charge in [0.25, 0.3) is 5.91 Å². The molecule has 0 saturated heterocycles. The Bertz CT molecular complexity index is 1000. The van der Waals surface area contributed by atoms with Crippen molar-refractivity contribution in [3.8, 4) is 5.75 Å². The van der Waals surface area contributed by atoms with E-state index in [2.05, 4.69) is 15.6 Å². The lowest BCUT2D eigenvalue weighted by atomic mass is 10.0. The number of benzene rings is 1. The van der Waals surface area contributed by atoms with Gasteiger partial charge in [-0.3, -0.25) is 14.6 Å². The van der Waals surface area contributed by atoms with Crippen molar-refractivity contribution in [2.45, 2.75) is 59.2 Å². The van der Waals surface area contributed by atoms with E-state index in [0.29, 0.717) is 37.4 Å². The Morgan fingerprint density at radius 3 is 2.42 bits per heavy atom. The molecule has 9 heteroatoms. The molecule has 36 heavy (non-hydrogen) atoms. The average Bonchev–Trinajstić information content (AvgIpc) is 2.83. The van der Waals surface area contributed by atoms with E-state index in [9.17, 15) is 14.4 Å². The van der Waals surface area contributed by atoms with E-state index in [1.54, 1.807) is 41.6 Å². The van der Waals surface area contributed by atoms with Gasteiger partial charge in [-0.2, -0.15) is 0 Å². The van der Waals surface area contributed by atoms with Crippen molar-refractivity contribution in [3.05, 3.63) is 59.9 Å². The Hall–Kier alpha value is -3.62. The summed E-state index contributed by atoms with van der Waals surface area (Å²) in [5.41, 5.74) is 0.621. The van der Waals surface area contributed by atoms with Gasteiger partial charge >= 0.3 is 6.09 Å². The molecular weight excluding hydrogens is 460 g/mol. The number of methoxy groups -OCH3 is 1. The van der Waals surface area contributed by atoms with Crippen molar-refractivity contribution in [1.29, 1.82) is 0 Å². The lowest BCUT2D eigenvalue weighted by Crippen LogP contribution is -2.50. The summed E-state index contributed by atoms with van der Waals surface area (Å²) >= 11 is 0. The van der Waals surface area contributed by atoms with E-state index in [4.69, 9.17) is 9.47 Å². The van der Waals surface area contributed by atoms with Gasteiger partial charge in [0.15, 0.2) is 0 Å². The monoisotopic (exact) mass is 498 g/mol. The predicted octanol–water partition coefficient (Wildman–Crippen LogP) is 3.79. The molecule has 0 aliphatic carbocycles. The fourth-order valence-electron chi connectivity index (χ4n) is 3.45. The van der Waals surface area contributed by atoms with Crippen molar-refractivity contribution in [2.75, 3.05) is 20.2 Å². The Morgan fingerprint density at radius 2 is 1.81 bits per heavy atom. The number of pyridine rings is 1. The number of ether oxygens (including phenoxy) is 2. The normalized spacial score (nSPS) is 12.0. The van der Waals surface area contributed by atoms with Crippen molar-refractivity contribution >= 4 is 17.9 Å². The van der Waals surface area contributed by atoms with Gasteiger partial charge in [0.05, 0.1) is 19.2 Å². The minimum Gasteiger partial charge on any atom is -0.496 e. The first kappa shape index (κ1) is 28.6. The topological polar surface area (TPSA) is 110 Å². The summed E-state index contributed by atoms with van der Waals surface area (Å²) in [7, 11) is 1.49. The summed E-state index contributed by atoms with van der Waals surface area (Å²) < 4.78 is 10.8. The molecule has 1 heterocycles. The molecule has 0 aliphatic heterocycles. The zero-order valence-corrected chi connectivity index (χ0v) is 22.0. The Kier molecular flexibility index (Phi) is 10.7. The van der Waals surface area contributed by atoms with Gasteiger partial charge in [-0.1, -0.05) is 32.0 Å². The molecule has 1 aromatic carbocycles. The first-order valence-electron chi connectivity index (χ1n) is 12.1. The zero-order valence-electron chi connectivity index (χ0n) is 22.0. The van der Waals surface area contributed by atoms with Gasteiger partial charge in [-0.15, -0.1) is 0 Å². The molecule has 0 aliphatic rings. The van der Waals surface area contributed by atoms with Crippen molar-refractivity contribution in [2.24, 2.45) is 5.92 Å². The summed E-state index contributed by atoms with van der Waals surface area (Å²) in [5.74, 6) is -0.362. The number of nitrogens with zero attached hydrogens (tertiary/aromatic N) is 2. The van der Waals surface area contributed by atoms with Crippen LogP contribution in [-0.2, 0) is 16.1 Å². The Labute approximate surface area is 213 Å². The van der Waals surface area contributed by atoms with Crippen LogP contribution >= 0.6 is 0 Å². The van der Waals surface area contributed by atoms with Gasteiger partial charge in [0, 0.05) is 25.5 Å². The maximum absolute atomic E-state index is 12.9. The SMILES string of the molecule is COc1ccccc1C(=O)NC(C(=O)NCCCN(Cc1cccnc1)C(=O)OC(C)(C)C)C(C)C. The second-order valence-corrected chi connectivity index (χ2v) is 9.80. The maximum atomic E-state index is 12.9. The lowest BCUT2D eigenvalue weighted by molar-refractivity contribution is -0.123. The predicted molar refractivity (Wildman–Crippen MR) is 138 cm³/mol. The summed E-state index contributed by atoms with van der Waals surface area (Å²) in [6, 6.07) is 9.84. The van der Waals surface area contributed by atoms with Crippen LogP contribution in [0.4, 0.5) is 4.79 Å². The molecule has 2 rings (SSSR count). The highest BCUT2D eigenvalue weighted by Gasteiger charge is 2.26. The fourth-order valence-corrected chi connectivity index (χ4v) is 3.45. The van der Waals surface area contributed by atoms with E-state index < -0.39 is 17.7 Å². The van der Waals surface area contributed by atoms with E-state index >= 15 is 0 Å². The highest BCUT2D eigenvalue weighted by atomic mass is 16.6. The number of hydrogen-bond donors (Lipinski definition) is 2. The molecular formula is C27H38N4O5. The molecule has 2 aromatic rings. The number of carbonyl (C=O) groups is 3. The lowest BCUT2D eigenvalue weighted by Gasteiger charge is -2.27. The molecule has 2 N–H and O–H groups in total. The first-order valence-corrected chi connectivity index (χ1v) is 12.1. The minimum atomic E-state index is -0.722. The second kappa shape index (κ2) is 13.5. The molecule has 0 saturated carbocycles. The molecule has 3 amide bonds. The van der Waals surface area contributed by atoms with Gasteiger partial charge < -0.3 is 25.0 Å². The van der Waals surface area contributed by atoms with Crippen molar-refractivity contribution in [3.63, 3.8) is 0 Å². The largest absolute Gasteiger partial charge is 0.496 e. The van der Waals surface area contributed by atoms with Gasteiger partial charge in [-0.25, -0.2) is 4.79 Å². The van der Waals surface area contributed by atoms with Crippen LogP contribution in [0.5, 0.6) is 5.75 Å². The van der Waals surface area contributed by atoms with E-state index in [1.165, 1.54) is 7.11 Å². The molecule has 1 unspecified atom stereocenters. The number of carbonyl (C=O) groups excluding carboxylic acids is 3. The Balaban J connectivity index is 1.96. The van der Waals surface area contributed by atoms with Crippen molar-refractivity contribution < 1.29 is 23.9 Å². The highest BCUT2D eigenvalue weighted by molar-refractivity contribution is 5.99. The summed E-state index contributed by atoms with van der Waals surface area (Å²) in [6.45, 7) is 10.2. The number of rotatable bonds is 11. The maximum Gasteiger partial charge on any atom is 0.410 e. The highest BCUT2D eigenvalue weighted by Crippen LogP contribution is 2.18. The summed E-state index contributed by atoms with van der Waals surface area (Å²) in [6.07, 6.45) is 3.46. The third kappa shape index (κ3) is 9.20. The molecule has 196 valence electrons. The summed E-state index contributed by atoms with van der Waals surface area (Å²) in [4.78, 5) is 44.1. The van der Waals surface area contributed by atoms with Crippen LogP contribution in [0.1, 0.15) is 57.0 Å². The van der Waals surface area contributed by atoms with Crippen LogP contribution in [0.25, 0.3) is 0 Å². The third-order valence-corrected chi connectivity index (χ3v) is 5.24. The molecule has 0 radical (unpaired) electrons. The smallest absolute Gasteiger partial charge is 0.410 e. The van der Waals surface area contributed by atoms with Crippen molar-refractivity contribution in [1.82, 2.24) is 20.5 Å². The number of hydrogen-bond acceptors (Lipinski definition) is 6. The molecule has 1 aromatic heterocycles. The Morgan fingerprint density at radius 1 is 1.08 bits per heavy atom. The zero-order chi connectivity index (χ0) is 26.7. The number of amides is 3. The van der Waals surface area contributed by atoms with E-state index in [1.807, 2.05) is 46.8 Å². The quantitative estimate of drug-likeness (QED) is 0.456. The fraction of sp³-hybridized carbons (Fsp3) is 0.481. The van der Waals surface area contributed by atoms with E-state index in [0.717, 1.165) is 5.56 Å². The summed E-state index contributed by atoms with van der Waals surface area (Å²) in [5, 5.41) is 5.69. The number of para-hydroxylation sites is 1. The number of nitrogens with one attached hydrogen (secondary N) is 2. The van der Waals surface area contributed by atoms with Crippen LogP contribution in [0.15, 0.2) is 48.8 Å². The van der Waals surface area contributed by atoms with Crippen LogP contribution in [0.2, 0.25) is 0 Å². The molecule has 9 nitrogen and oxygen atoms in total. The van der Waals surface area contributed by atoms with Crippen LogP contribution in [-0.4, -0.2) is 59.6 Å². The minimum absolute atomic E-state index is 0.132. The van der Waals surface area contributed by atoms with E-state index in [-0.39, 0.29) is 17.7 Å². The third-order valence-electron chi connectivity index (χ3n) is 5.24. The molecule has 0 spiro atoms. The second-order valence-electron chi connectivity index (χ2n) is 9.80. The average molecular weight is 499 g/mol. The standard InChI is InChI=1S/C27H38N4O5/c1-19(2)23(30-24(32)21-12-7-8-13-22(21)35-6)25(33)29-15-10-16-31(26(34)36-27(3,4)5)18-20-11-9-14-28-17-20/h7-9,11-14,17,19,23H,10,15-16,18H2,1-6H3,(H,29,33)(H,30,32). The molecule has 0 fully saturated rings. The van der Waals surface area contributed by atoms with Crippen LogP contribution < -0.4 is 15.4 Å². The van der Waals surface area contributed by atoms with Gasteiger partial charge in [0.1, 0.15) is 17.4 Å². The number of aromatic nitrogens is 1. The van der Waals surface area contributed by atoms with Gasteiger partial charge in [0.2, 0.25) is 5.91 Å². The molecule has 0 bridgehead atoms. The molecule has 1 atom stereocenters. The van der Waals surface area contributed by atoms with Crippen LogP contribution in [0, 0.1) is 5.92 Å².